The number of hydrogen-bond donors (Lipinski definition) is 1. The van der Waals surface area contributed by atoms with E-state index >= 15 is 0 Å². The van der Waals surface area contributed by atoms with Crippen LogP contribution in [0.3, 0.4) is 0 Å². The number of anilines is 2. The Bertz CT molecular complexity index is 1030. The van der Waals surface area contributed by atoms with Crippen LogP contribution in [-0.2, 0) is 14.8 Å². The normalized spacial score (nSPS) is 15.0. The molecule has 0 aliphatic carbocycles. The van der Waals surface area contributed by atoms with Crippen molar-refractivity contribution in [2.45, 2.75) is 38.7 Å². The first-order valence-corrected chi connectivity index (χ1v) is 11.0. The van der Waals surface area contributed by atoms with Crippen molar-refractivity contribution in [3.63, 3.8) is 0 Å². The van der Waals surface area contributed by atoms with Crippen molar-refractivity contribution in [1.82, 2.24) is 0 Å². The van der Waals surface area contributed by atoms with Gasteiger partial charge in [-0.25, -0.2) is 17.6 Å². The van der Waals surface area contributed by atoms with Crippen LogP contribution in [-0.4, -0.2) is 33.8 Å². The summed E-state index contributed by atoms with van der Waals surface area (Å²) in [6.45, 7) is 7.93. The largest absolute Gasteiger partial charge is 0.489 e. The summed E-state index contributed by atoms with van der Waals surface area (Å²) in [6.07, 6.45) is -0.962. The highest BCUT2D eigenvalue weighted by Crippen LogP contribution is 2.37. The highest BCUT2D eigenvalue weighted by Gasteiger charge is 2.31. The Morgan fingerprint density at radius 3 is 2.50 bits per heavy atom. The van der Waals surface area contributed by atoms with E-state index in [4.69, 9.17) is 9.47 Å². The minimum atomic E-state index is -3.93. The fraction of sp³-hybridized carbons (Fsp3) is 0.381. The van der Waals surface area contributed by atoms with Gasteiger partial charge in [0.25, 0.3) is 10.0 Å². The molecule has 1 heterocycles. The number of carbonyl (C=O) groups is 1. The van der Waals surface area contributed by atoms with Crippen LogP contribution in [0.5, 0.6) is 5.75 Å². The Morgan fingerprint density at radius 1 is 1.20 bits per heavy atom. The lowest BCUT2D eigenvalue weighted by atomic mass is 9.90. The van der Waals surface area contributed by atoms with Crippen LogP contribution in [0.15, 0.2) is 47.4 Å². The molecule has 0 saturated heterocycles. The van der Waals surface area contributed by atoms with E-state index in [9.17, 15) is 17.6 Å². The molecule has 3 rings (SSSR count). The standard InChI is InChI=1S/C21H25FN2O5S/c1-14(21(2,3)4)29-20(25)23-16-7-10-19-18(13-16)24(11-12-28-19)30(26,27)17-8-5-15(22)6-9-17/h5-10,13-14H,11-12H2,1-4H3,(H,23,25)/t14-/m0/s1. The molecule has 1 aliphatic rings. The number of amides is 1. The zero-order valence-corrected chi connectivity index (χ0v) is 18.1. The maximum absolute atomic E-state index is 13.2. The monoisotopic (exact) mass is 436 g/mol. The smallest absolute Gasteiger partial charge is 0.411 e. The van der Waals surface area contributed by atoms with Crippen molar-refractivity contribution in [3.05, 3.63) is 48.3 Å². The lowest BCUT2D eigenvalue weighted by molar-refractivity contribution is 0.0527. The van der Waals surface area contributed by atoms with Crippen LogP contribution in [0.4, 0.5) is 20.6 Å². The second-order valence-electron chi connectivity index (χ2n) is 8.10. The zero-order valence-electron chi connectivity index (χ0n) is 17.3. The molecule has 7 nitrogen and oxygen atoms in total. The molecule has 162 valence electrons. The minimum Gasteiger partial charge on any atom is -0.489 e. The fourth-order valence-electron chi connectivity index (χ4n) is 2.74. The van der Waals surface area contributed by atoms with Gasteiger partial charge >= 0.3 is 6.09 Å². The third-order valence-electron chi connectivity index (χ3n) is 4.93. The van der Waals surface area contributed by atoms with Crippen molar-refractivity contribution in [3.8, 4) is 5.75 Å². The minimum absolute atomic E-state index is 0.0338. The number of benzene rings is 2. The van der Waals surface area contributed by atoms with Gasteiger partial charge in [0.15, 0.2) is 0 Å². The van der Waals surface area contributed by atoms with E-state index < -0.39 is 21.9 Å². The molecule has 0 saturated carbocycles. The number of rotatable bonds is 4. The molecule has 0 spiro atoms. The Balaban J connectivity index is 1.86. The van der Waals surface area contributed by atoms with Gasteiger partial charge in [-0.3, -0.25) is 9.62 Å². The third kappa shape index (κ3) is 4.67. The second-order valence-corrected chi connectivity index (χ2v) is 9.96. The van der Waals surface area contributed by atoms with Crippen LogP contribution >= 0.6 is 0 Å². The van der Waals surface area contributed by atoms with E-state index in [2.05, 4.69) is 5.32 Å². The van der Waals surface area contributed by atoms with E-state index in [1.165, 1.54) is 22.5 Å². The third-order valence-corrected chi connectivity index (χ3v) is 6.76. The quantitative estimate of drug-likeness (QED) is 0.768. The van der Waals surface area contributed by atoms with Gasteiger partial charge in [-0.05, 0) is 54.8 Å². The number of nitrogens with zero attached hydrogens (tertiary/aromatic N) is 1. The first kappa shape index (κ1) is 21.9. The summed E-state index contributed by atoms with van der Waals surface area (Å²) in [5.74, 6) is -0.153. The van der Waals surface area contributed by atoms with Gasteiger partial charge in [0, 0.05) is 5.69 Å². The molecule has 2 aromatic rings. The predicted octanol–water partition coefficient (Wildman–Crippen LogP) is 4.40. The van der Waals surface area contributed by atoms with Gasteiger partial charge in [0.2, 0.25) is 0 Å². The van der Waals surface area contributed by atoms with Crippen LogP contribution in [0, 0.1) is 11.2 Å². The van der Waals surface area contributed by atoms with E-state index in [1.807, 2.05) is 20.8 Å². The lowest BCUT2D eigenvalue weighted by Crippen LogP contribution is -2.38. The summed E-state index contributed by atoms with van der Waals surface area (Å²) >= 11 is 0. The molecular weight excluding hydrogens is 411 g/mol. The van der Waals surface area contributed by atoms with E-state index in [-0.39, 0.29) is 35.3 Å². The van der Waals surface area contributed by atoms with Gasteiger partial charge in [-0.15, -0.1) is 0 Å². The predicted molar refractivity (Wildman–Crippen MR) is 112 cm³/mol. The van der Waals surface area contributed by atoms with Crippen molar-refractivity contribution in [2.75, 3.05) is 22.8 Å². The van der Waals surface area contributed by atoms with Gasteiger partial charge in [-0.1, -0.05) is 20.8 Å². The highest BCUT2D eigenvalue weighted by molar-refractivity contribution is 7.92. The molecule has 0 radical (unpaired) electrons. The molecule has 0 aromatic heterocycles. The molecular formula is C21H25FN2O5S. The van der Waals surface area contributed by atoms with E-state index in [0.29, 0.717) is 11.4 Å². The van der Waals surface area contributed by atoms with Gasteiger partial charge in [0.05, 0.1) is 17.1 Å². The van der Waals surface area contributed by atoms with Gasteiger partial charge in [-0.2, -0.15) is 0 Å². The molecule has 1 N–H and O–H groups in total. The summed E-state index contributed by atoms with van der Waals surface area (Å²) in [5, 5.41) is 2.63. The molecule has 1 amide bonds. The maximum atomic E-state index is 13.2. The van der Waals surface area contributed by atoms with Crippen molar-refractivity contribution in [1.29, 1.82) is 0 Å². The summed E-state index contributed by atoms with van der Waals surface area (Å²) in [4.78, 5) is 12.2. The second kappa shape index (κ2) is 8.14. The average Bonchev–Trinajstić information content (AvgIpc) is 2.67. The number of sulfonamides is 1. The van der Waals surface area contributed by atoms with Crippen LogP contribution in [0.1, 0.15) is 27.7 Å². The SMILES string of the molecule is C[C@H](OC(=O)Nc1ccc2c(c1)N(S(=O)(=O)c1ccc(F)cc1)CCO2)C(C)(C)C. The van der Waals surface area contributed by atoms with E-state index in [1.54, 1.807) is 19.1 Å². The number of fused-ring (bicyclic) bond motifs is 1. The Labute approximate surface area is 175 Å². The zero-order chi connectivity index (χ0) is 22.1. The number of halogens is 1. The van der Waals surface area contributed by atoms with Crippen molar-refractivity contribution >= 4 is 27.5 Å². The molecule has 0 bridgehead atoms. The van der Waals surface area contributed by atoms with E-state index in [0.717, 1.165) is 12.1 Å². The van der Waals surface area contributed by atoms with Crippen molar-refractivity contribution in [2.24, 2.45) is 5.41 Å². The van der Waals surface area contributed by atoms with Crippen molar-refractivity contribution < 1.29 is 27.1 Å². The maximum Gasteiger partial charge on any atom is 0.411 e. The number of nitrogens with one attached hydrogen (secondary N) is 1. The Morgan fingerprint density at radius 2 is 1.87 bits per heavy atom. The number of ether oxygens (including phenoxy) is 2. The Hall–Kier alpha value is -2.81. The summed E-state index contributed by atoms with van der Waals surface area (Å²) in [7, 11) is -3.93. The average molecular weight is 437 g/mol. The fourth-order valence-corrected chi connectivity index (χ4v) is 4.19. The van der Waals surface area contributed by atoms with Gasteiger partial charge < -0.3 is 9.47 Å². The first-order valence-electron chi connectivity index (χ1n) is 9.51. The molecule has 2 aromatic carbocycles. The summed E-state index contributed by atoms with van der Waals surface area (Å²) < 4.78 is 51.5. The topological polar surface area (TPSA) is 84.9 Å². The number of carbonyl (C=O) groups excluding carboxylic acids is 1. The summed E-state index contributed by atoms with van der Waals surface area (Å²) in [5.41, 5.74) is 0.429. The number of hydrogen-bond acceptors (Lipinski definition) is 5. The van der Waals surface area contributed by atoms with Crippen LogP contribution < -0.4 is 14.4 Å². The van der Waals surface area contributed by atoms with Gasteiger partial charge in [0.1, 0.15) is 24.3 Å². The molecule has 30 heavy (non-hydrogen) atoms. The molecule has 1 aliphatic heterocycles. The lowest BCUT2D eigenvalue weighted by Gasteiger charge is -2.31. The van der Waals surface area contributed by atoms with Crippen LogP contribution in [0.2, 0.25) is 0 Å². The molecule has 0 unspecified atom stereocenters. The highest BCUT2D eigenvalue weighted by atomic mass is 32.2. The molecule has 9 heteroatoms. The first-order chi connectivity index (χ1) is 14.0. The molecule has 0 fully saturated rings. The Kier molecular flexibility index (Phi) is 5.94. The van der Waals surface area contributed by atoms with Crippen LogP contribution in [0.25, 0.3) is 0 Å². The summed E-state index contributed by atoms with van der Waals surface area (Å²) in [6, 6.07) is 9.33. The molecule has 1 atom stereocenters.